The Morgan fingerprint density at radius 1 is 1.12 bits per heavy atom. The number of hydrogen-bond donors (Lipinski definition) is 0. The lowest BCUT2D eigenvalue weighted by Crippen LogP contribution is -2.41. The molecule has 1 unspecified atom stereocenters. The van der Waals surface area contributed by atoms with Gasteiger partial charge in [-0.3, -0.25) is 0 Å². The number of unbranched alkanes of at least 4 members (excludes halogenated alkanes) is 3. The third-order valence-corrected chi connectivity index (χ3v) is 7.84. The molecule has 0 aliphatic carbocycles. The fourth-order valence-electron chi connectivity index (χ4n) is 2.48. The highest BCUT2D eigenvalue weighted by Crippen LogP contribution is 2.28. The van der Waals surface area contributed by atoms with Crippen LogP contribution in [-0.4, -0.2) is 14.4 Å². The van der Waals surface area contributed by atoms with Crippen molar-refractivity contribution in [1.82, 2.24) is 0 Å². The highest BCUT2D eigenvalue weighted by Gasteiger charge is 2.33. The Bertz CT molecular complexity index is 209. The maximum Gasteiger partial charge on any atom is 0.216 e. The topological polar surface area (TPSA) is 9.23 Å². The van der Waals surface area contributed by atoms with E-state index in [-0.39, 0.29) is 0 Å². The van der Waals surface area contributed by atoms with Gasteiger partial charge in [0, 0.05) is 6.10 Å². The van der Waals surface area contributed by atoms with Crippen LogP contribution in [0.4, 0.5) is 0 Å². The molecule has 0 spiro atoms. The molecular weight excluding hydrogens is 212 g/mol. The lowest BCUT2D eigenvalue weighted by molar-refractivity contribution is 0.174. The van der Waals surface area contributed by atoms with E-state index in [2.05, 4.69) is 32.5 Å². The minimum absolute atomic E-state index is 0.536. The molecule has 0 aromatic heterocycles. The van der Waals surface area contributed by atoms with Crippen LogP contribution in [0.5, 0.6) is 0 Å². The molecule has 2 heteroatoms. The van der Waals surface area contributed by atoms with E-state index in [4.69, 9.17) is 4.43 Å². The third kappa shape index (κ3) is 4.06. The molecule has 0 radical (unpaired) electrons. The summed E-state index contributed by atoms with van der Waals surface area (Å²) in [5, 5.41) is 0. The lowest BCUT2D eigenvalue weighted by atomic mass is 10.1. The summed E-state index contributed by atoms with van der Waals surface area (Å²) in [7, 11) is -1.44. The molecule has 0 fully saturated rings. The maximum atomic E-state index is 6.40. The van der Waals surface area contributed by atoms with Crippen LogP contribution in [0.1, 0.15) is 59.3 Å². The smallest absolute Gasteiger partial charge is 0.216 e. The summed E-state index contributed by atoms with van der Waals surface area (Å²) in [6, 6.07) is 2.48. The fraction of sp³-hybridized carbons (Fsp3) is 0.857. The first-order valence-corrected chi connectivity index (χ1v) is 9.51. The van der Waals surface area contributed by atoms with Gasteiger partial charge in [-0.05, 0) is 24.9 Å². The molecule has 0 bridgehead atoms. The van der Waals surface area contributed by atoms with Crippen LogP contribution >= 0.6 is 0 Å². The molecule has 0 N–H and O–H groups in total. The van der Waals surface area contributed by atoms with E-state index < -0.39 is 8.32 Å². The Hall–Kier alpha value is -0.0831. The molecule has 1 heterocycles. The van der Waals surface area contributed by atoms with Crippen molar-refractivity contribution in [3.63, 3.8) is 0 Å². The minimum atomic E-state index is -1.44. The van der Waals surface area contributed by atoms with Crippen LogP contribution in [-0.2, 0) is 4.43 Å². The van der Waals surface area contributed by atoms with Crippen LogP contribution < -0.4 is 0 Å². The first kappa shape index (κ1) is 14.0. The van der Waals surface area contributed by atoms with Crippen molar-refractivity contribution < 1.29 is 4.43 Å². The average Bonchev–Trinajstić information content (AvgIpc) is 2.35. The third-order valence-electron chi connectivity index (χ3n) is 3.80. The summed E-state index contributed by atoms with van der Waals surface area (Å²) in [4.78, 5) is 0. The fourth-order valence-corrected chi connectivity index (χ4v) is 5.31. The maximum absolute atomic E-state index is 6.40. The van der Waals surface area contributed by atoms with Gasteiger partial charge in [0.1, 0.15) is 0 Å². The Balaban J connectivity index is 2.32. The zero-order valence-corrected chi connectivity index (χ0v) is 12.3. The van der Waals surface area contributed by atoms with E-state index in [1.165, 1.54) is 44.2 Å². The minimum Gasteiger partial charge on any atom is -0.410 e. The van der Waals surface area contributed by atoms with Crippen LogP contribution in [0.2, 0.25) is 12.1 Å². The lowest BCUT2D eigenvalue weighted by Gasteiger charge is -2.34. The van der Waals surface area contributed by atoms with Crippen molar-refractivity contribution in [1.29, 1.82) is 0 Å². The second-order valence-electron chi connectivity index (χ2n) is 5.00. The average molecular weight is 240 g/mol. The molecule has 1 aliphatic rings. The normalized spacial score (nSPS) is 23.6. The summed E-state index contributed by atoms with van der Waals surface area (Å²) >= 11 is 0. The van der Waals surface area contributed by atoms with Gasteiger partial charge in [-0.25, -0.2) is 0 Å². The predicted molar refractivity (Wildman–Crippen MR) is 74.1 cm³/mol. The van der Waals surface area contributed by atoms with Gasteiger partial charge >= 0.3 is 0 Å². The molecule has 16 heavy (non-hydrogen) atoms. The number of rotatable bonds is 7. The summed E-state index contributed by atoms with van der Waals surface area (Å²) in [6.45, 7) is 6.85. The predicted octanol–water partition coefficient (Wildman–Crippen LogP) is 4.83. The Morgan fingerprint density at radius 2 is 1.88 bits per heavy atom. The van der Waals surface area contributed by atoms with Crippen molar-refractivity contribution in [3.05, 3.63) is 11.8 Å². The molecule has 0 saturated carbocycles. The van der Waals surface area contributed by atoms with Gasteiger partial charge in [0.05, 0.1) is 0 Å². The standard InChI is InChI=1S/C14H28OSi/c1-4-7-8-9-11-14-12-10-13-16(5-2,6-3)15-14/h10,13-14H,4-9,11-12H2,1-3H3. The van der Waals surface area contributed by atoms with Gasteiger partial charge in [-0.2, -0.15) is 0 Å². The largest absolute Gasteiger partial charge is 0.410 e. The molecule has 0 saturated heterocycles. The first-order chi connectivity index (χ1) is 7.76. The Kier molecular flexibility index (Phi) is 6.36. The second-order valence-corrected chi connectivity index (χ2v) is 9.11. The van der Waals surface area contributed by atoms with Gasteiger partial charge in [0.2, 0.25) is 8.32 Å². The quantitative estimate of drug-likeness (QED) is 0.457. The van der Waals surface area contributed by atoms with Gasteiger partial charge in [0.25, 0.3) is 0 Å². The van der Waals surface area contributed by atoms with Crippen molar-refractivity contribution in [2.24, 2.45) is 0 Å². The Morgan fingerprint density at radius 3 is 2.50 bits per heavy atom. The molecule has 0 amide bonds. The zero-order chi connectivity index (χ0) is 11.9. The van der Waals surface area contributed by atoms with E-state index in [1.54, 1.807) is 0 Å². The molecule has 94 valence electrons. The van der Waals surface area contributed by atoms with E-state index in [1.807, 2.05) is 0 Å². The van der Waals surface area contributed by atoms with E-state index in [9.17, 15) is 0 Å². The second kappa shape index (κ2) is 7.28. The molecule has 0 aromatic carbocycles. The van der Waals surface area contributed by atoms with Crippen LogP contribution in [0.3, 0.4) is 0 Å². The van der Waals surface area contributed by atoms with Gasteiger partial charge in [-0.1, -0.05) is 58.2 Å². The highest BCUT2D eigenvalue weighted by atomic mass is 28.4. The first-order valence-electron chi connectivity index (χ1n) is 7.12. The number of hydrogen-bond acceptors (Lipinski definition) is 1. The van der Waals surface area contributed by atoms with Crippen molar-refractivity contribution in [2.75, 3.05) is 0 Å². The highest BCUT2D eigenvalue weighted by molar-refractivity contribution is 6.78. The zero-order valence-electron chi connectivity index (χ0n) is 11.3. The molecular formula is C14H28OSi. The monoisotopic (exact) mass is 240 g/mol. The van der Waals surface area contributed by atoms with Gasteiger partial charge in [0.15, 0.2) is 0 Å². The SMILES string of the molecule is CCCCCCC1CC=C[Si](CC)(CC)O1. The molecule has 1 rings (SSSR count). The van der Waals surface area contributed by atoms with Gasteiger partial charge < -0.3 is 4.43 Å². The van der Waals surface area contributed by atoms with Gasteiger partial charge in [-0.15, -0.1) is 0 Å². The Labute approximate surface area is 102 Å². The van der Waals surface area contributed by atoms with E-state index >= 15 is 0 Å². The van der Waals surface area contributed by atoms with Crippen LogP contribution in [0.25, 0.3) is 0 Å². The summed E-state index contributed by atoms with van der Waals surface area (Å²) in [6.07, 6.45) is 10.8. The summed E-state index contributed by atoms with van der Waals surface area (Å²) in [5.41, 5.74) is 2.43. The van der Waals surface area contributed by atoms with Crippen LogP contribution in [0.15, 0.2) is 11.8 Å². The van der Waals surface area contributed by atoms with E-state index in [0.717, 1.165) is 6.42 Å². The summed E-state index contributed by atoms with van der Waals surface area (Å²) < 4.78 is 6.40. The van der Waals surface area contributed by atoms with Crippen molar-refractivity contribution in [3.8, 4) is 0 Å². The van der Waals surface area contributed by atoms with E-state index in [0.29, 0.717) is 6.10 Å². The molecule has 1 nitrogen and oxygen atoms in total. The molecule has 1 aliphatic heterocycles. The van der Waals surface area contributed by atoms with Crippen molar-refractivity contribution in [2.45, 2.75) is 77.5 Å². The summed E-state index contributed by atoms with van der Waals surface area (Å²) in [5.74, 6) is 0. The van der Waals surface area contributed by atoms with Crippen molar-refractivity contribution >= 4 is 8.32 Å². The molecule has 1 atom stereocenters. The molecule has 0 aromatic rings. The van der Waals surface area contributed by atoms with Crippen LogP contribution in [0, 0.1) is 0 Å².